The molecule has 1 aromatic rings. The number of carbonyl (C=O) groups excluding carboxylic acids is 1. The standard InChI is InChI=1S/C11H12ClNO4S/c1-13(8-5-17-4-6(8)11(15)16)10(14)9-7(12)2-3-18-9/h2-3,6,8H,4-5H2,1H3,(H,15,16). The zero-order valence-electron chi connectivity index (χ0n) is 9.63. The van der Waals surface area contributed by atoms with E-state index >= 15 is 0 Å². The van der Waals surface area contributed by atoms with Crippen molar-refractivity contribution >= 4 is 34.8 Å². The van der Waals surface area contributed by atoms with E-state index in [1.54, 1.807) is 18.5 Å². The minimum absolute atomic E-state index is 0.135. The third-order valence-corrected chi connectivity index (χ3v) is 4.33. The number of carbonyl (C=O) groups is 2. The van der Waals surface area contributed by atoms with Crippen LogP contribution in [-0.4, -0.2) is 48.2 Å². The highest BCUT2D eigenvalue weighted by Gasteiger charge is 2.39. The summed E-state index contributed by atoms with van der Waals surface area (Å²) in [5, 5.41) is 11.2. The predicted molar refractivity (Wildman–Crippen MR) is 67.2 cm³/mol. The van der Waals surface area contributed by atoms with Crippen molar-refractivity contribution in [1.29, 1.82) is 0 Å². The summed E-state index contributed by atoms with van der Waals surface area (Å²) in [5.74, 6) is -1.90. The van der Waals surface area contributed by atoms with Crippen LogP contribution in [0.4, 0.5) is 0 Å². The number of thiophene rings is 1. The Bertz CT molecular complexity index is 475. The molecule has 2 atom stereocenters. The van der Waals surface area contributed by atoms with E-state index in [9.17, 15) is 9.59 Å². The highest BCUT2D eigenvalue weighted by atomic mass is 35.5. The maximum Gasteiger partial charge on any atom is 0.311 e. The second-order valence-electron chi connectivity index (χ2n) is 4.06. The van der Waals surface area contributed by atoms with Crippen LogP contribution in [0.3, 0.4) is 0 Å². The molecular formula is C11H12ClNO4S. The molecule has 0 aromatic carbocycles. The Balaban J connectivity index is 2.16. The van der Waals surface area contributed by atoms with Crippen molar-refractivity contribution in [3.63, 3.8) is 0 Å². The monoisotopic (exact) mass is 289 g/mol. The van der Waals surface area contributed by atoms with E-state index in [0.29, 0.717) is 9.90 Å². The molecule has 1 N–H and O–H groups in total. The van der Waals surface area contributed by atoms with E-state index in [0.717, 1.165) is 0 Å². The number of carboxylic acids is 1. The van der Waals surface area contributed by atoms with Gasteiger partial charge >= 0.3 is 5.97 Å². The number of amides is 1. The Kier molecular flexibility index (Phi) is 3.89. The molecule has 0 spiro atoms. The van der Waals surface area contributed by atoms with Crippen LogP contribution in [0, 0.1) is 5.92 Å². The molecule has 1 fully saturated rings. The van der Waals surface area contributed by atoms with E-state index in [-0.39, 0.29) is 19.1 Å². The number of hydrogen-bond donors (Lipinski definition) is 1. The van der Waals surface area contributed by atoms with Crippen LogP contribution in [0.2, 0.25) is 5.02 Å². The number of halogens is 1. The smallest absolute Gasteiger partial charge is 0.311 e. The van der Waals surface area contributed by atoms with Crippen LogP contribution in [0.25, 0.3) is 0 Å². The van der Waals surface area contributed by atoms with E-state index in [1.165, 1.54) is 16.2 Å². The average Bonchev–Trinajstić information content (AvgIpc) is 2.95. The molecule has 1 saturated heterocycles. The molecular weight excluding hydrogens is 278 g/mol. The van der Waals surface area contributed by atoms with Crippen molar-refractivity contribution in [2.24, 2.45) is 5.92 Å². The largest absolute Gasteiger partial charge is 0.481 e. The van der Waals surface area contributed by atoms with Gasteiger partial charge in [0.25, 0.3) is 5.91 Å². The first kappa shape index (κ1) is 13.3. The van der Waals surface area contributed by atoms with Gasteiger partial charge in [-0.2, -0.15) is 0 Å². The number of hydrogen-bond acceptors (Lipinski definition) is 4. The lowest BCUT2D eigenvalue weighted by Crippen LogP contribution is -2.43. The molecule has 0 radical (unpaired) electrons. The summed E-state index contributed by atoms with van der Waals surface area (Å²) in [5.41, 5.74) is 0. The molecule has 98 valence electrons. The van der Waals surface area contributed by atoms with Gasteiger partial charge in [-0.3, -0.25) is 9.59 Å². The van der Waals surface area contributed by atoms with Crippen molar-refractivity contribution < 1.29 is 19.4 Å². The van der Waals surface area contributed by atoms with E-state index in [2.05, 4.69) is 0 Å². The third-order valence-electron chi connectivity index (χ3n) is 3.00. The summed E-state index contributed by atoms with van der Waals surface area (Å²) in [6.45, 7) is 0.373. The molecule has 2 unspecified atom stereocenters. The van der Waals surface area contributed by atoms with Gasteiger partial charge in [0.15, 0.2) is 0 Å². The van der Waals surface area contributed by atoms with Crippen LogP contribution in [-0.2, 0) is 9.53 Å². The lowest BCUT2D eigenvalue weighted by atomic mass is 10.0. The van der Waals surface area contributed by atoms with Crippen molar-refractivity contribution in [3.05, 3.63) is 21.3 Å². The first-order chi connectivity index (χ1) is 8.52. The Hall–Kier alpha value is -1.11. The molecule has 2 heterocycles. The second-order valence-corrected chi connectivity index (χ2v) is 5.39. The molecule has 0 bridgehead atoms. The summed E-state index contributed by atoms with van der Waals surface area (Å²) >= 11 is 7.14. The van der Waals surface area contributed by atoms with Gasteiger partial charge in [0, 0.05) is 7.05 Å². The predicted octanol–water partition coefficient (Wildman–Crippen LogP) is 1.57. The van der Waals surface area contributed by atoms with Crippen LogP contribution >= 0.6 is 22.9 Å². The SMILES string of the molecule is CN(C(=O)c1sccc1Cl)C1COCC1C(=O)O. The summed E-state index contributed by atoms with van der Waals surface area (Å²) in [7, 11) is 1.58. The number of carboxylic acid groups (broad SMARTS) is 1. The maximum atomic E-state index is 12.2. The number of likely N-dealkylation sites (N-methyl/N-ethyl adjacent to an activating group) is 1. The molecule has 2 rings (SSSR count). The van der Waals surface area contributed by atoms with Crippen molar-refractivity contribution in [1.82, 2.24) is 4.90 Å². The van der Waals surface area contributed by atoms with E-state index in [1.807, 2.05) is 0 Å². The van der Waals surface area contributed by atoms with Crippen LogP contribution < -0.4 is 0 Å². The molecule has 1 aromatic heterocycles. The molecule has 0 saturated carbocycles. The topological polar surface area (TPSA) is 66.8 Å². The fraction of sp³-hybridized carbons (Fsp3) is 0.455. The van der Waals surface area contributed by atoms with Gasteiger partial charge < -0.3 is 14.7 Å². The van der Waals surface area contributed by atoms with Gasteiger partial charge in [0.1, 0.15) is 10.8 Å². The van der Waals surface area contributed by atoms with Crippen LogP contribution in [0.1, 0.15) is 9.67 Å². The van der Waals surface area contributed by atoms with Crippen LogP contribution in [0.15, 0.2) is 11.4 Å². The van der Waals surface area contributed by atoms with E-state index < -0.39 is 17.9 Å². The molecule has 0 aliphatic carbocycles. The van der Waals surface area contributed by atoms with Crippen molar-refractivity contribution in [2.45, 2.75) is 6.04 Å². The van der Waals surface area contributed by atoms with Crippen LogP contribution in [0.5, 0.6) is 0 Å². The molecule has 18 heavy (non-hydrogen) atoms. The summed E-state index contributed by atoms with van der Waals surface area (Å²) in [4.78, 5) is 25.1. The van der Waals surface area contributed by atoms with Gasteiger partial charge in [-0.15, -0.1) is 11.3 Å². The number of rotatable bonds is 3. The van der Waals surface area contributed by atoms with Gasteiger partial charge in [-0.25, -0.2) is 0 Å². The first-order valence-corrected chi connectivity index (χ1v) is 6.59. The number of nitrogens with zero attached hydrogens (tertiary/aromatic N) is 1. The molecule has 1 aliphatic rings. The summed E-state index contributed by atoms with van der Waals surface area (Å²) in [6, 6.07) is 1.20. The Morgan fingerprint density at radius 3 is 2.83 bits per heavy atom. The fourth-order valence-corrected chi connectivity index (χ4v) is 3.04. The number of aliphatic carboxylic acids is 1. The Morgan fingerprint density at radius 1 is 1.56 bits per heavy atom. The Labute approximate surface area is 113 Å². The minimum atomic E-state index is -0.950. The highest BCUT2D eigenvalue weighted by Crippen LogP contribution is 2.26. The summed E-state index contributed by atoms with van der Waals surface area (Å²) in [6.07, 6.45) is 0. The van der Waals surface area contributed by atoms with Gasteiger partial charge in [0.05, 0.1) is 24.3 Å². The highest BCUT2D eigenvalue weighted by molar-refractivity contribution is 7.12. The summed E-state index contributed by atoms with van der Waals surface area (Å²) < 4.78 is 5.15. The normalized spacial score (nSPS) is 23.0. The molecule has 1 amide bonds. The first-order valence-electron chi connectivity index (χ1n) is 5.33. The second kappa shape index (κ2) is 5.26. The minimum Gasteiger partial charge on any atom is -0.481 e. The quantitative estimate of drug-likeness (QED) is 0.917. The fourth-order valence-electron chi connectivity index (χ4n) is 1.92. The third kappa shape index (κ3) is 2.36. The molecule has 7 heteroatoms. The van der Waals surface area contributed by atoms with Crippen molar-refractivity contribution in [2.75, 3.05) is 20.3 Å². The lowest BCUT2D eigenvalue weighted by molar-refractivity contribution is -0.142. The van der Waals surface area contributed by atoms with E-state index in [4.69, 9.17) is 21.4 Å². The average molecular weight is 290 g/mol. The zero-order valence-corrected chi connectivity index (χ0v) is 11.2. The van der Waals surface area contributed by atoms with Crippen molar-refractivity contribution in [3.8, 4) is 0 Å². The zero-order chi connectivity index (χ0) is 13.3. The van der Waals surface area contributed by atoms with Gasteiger partial charge in [-0.1, -0.05) is 11.6 Å². The van der Waals surface area contributed by atoms with Gasteiger partial charge in [-0.05, 0) is 11.4 Å². The molecule has 1 aliphatic heterocycles. The Morgan fingerprint density at radius 2 is 2.28 bits per heavy atom. The maximum absolute atomic E-state index is 12.2. The molecule has 5 nitrogen and oxygen atoms in total. The lowest BCUT2D eigenvalue weighted by Gasteiger charge is -2.25. The number of ether oxygens (including phenoxy) is 1. The van der Waals surface area contributed by atoms with Gasteiger partial charge in [0.2, 0.25) is 0 Å².